The highest BCUT2D eigenvalue weighted by Gasteiger charge is 2.09. The molecule has 1 aromatic carbocycles. The Hall–Kier alpha value is -1.84. The molecule has 0 amide bonds. The van der Waals surface area contributed by atoms with Crippen LogP contribution in [0.25, 0.3) is 11.3 Å². The van der Waals surface area contributed by atoms with Crippen molar-refractivity contribution in [3.8, 4) is 11.3 Å². The number of nitrogens with zero attached hydrogens (tertiary/aromatic N) is 2. The minimum Gasteiger partial charge on any atom is -0.399 e. The molecule has 3 nitrogen and oxygen atoms in total. The van der Waals surface area contributed by atoms with Crippen molar-refractivity contribution >= 4 is 5.69 Å². The lowest BCUT2D eigenvalue weighted by Crippen LogP contribution is -2.04. The van der Waals surface area contributed by atoms with Gasteiger partial charge in [-0.05, 0) is 38.1 Å². The Morgan fingerprint density at radius 2 is 2.06 bits per heavy atom. The maximum absolute atomic E-state index is 13.2. The third kappa shape index (κ3) is 1.91. The van der Waals surface area contributed by atoms with Crippen LogP contribution in [0.3, 0.4) is 0 Å². The summed E-state index contributed by atoms with van der Waals surface area (Å²) in [5, 5.41) is 4.20. The topological polar surface area (TPSA) is 43.8 Å². The van der Waals surface area contributed by atoms with Crippen molar-refractivity contribution in [2.75, 3.05) is 5.73 Å². The molecule has 2 aromatic rings. The van der Waals surface area contributed by atoms with E-state index in [-0.39, 0.29) is 11.9 Å². The van der Waals surface area contributed by atoms with Crippen LogP contribution in [0.2, 0.25) is 0 Å². The van der Waals surface area contributed by atoms with Crippen LogP contribution in [0.5, 0.6) is 0 Å². The summed E-state index contributed by atoms with van der Waals surface area (Å²) in [5.74, 6) is -0.327. The summed E-state index contributed by atoms with van der Waals surface area (Å²) in [6, 6.07) is 6.61. The molecule has 0 spiro atoms. The Kier molecular flexibility index (Phi) is 2.64. The minimum absolute atomic E-state index is 0.231. The van der Waals surface area contributed by atoms with Gasteiger partial charge in [-0.3, -0.25) is 4.68 Å². The summed E-state index contributed by atoms with van der Waals surface area (Å²) >= 11 is 0. The van der Waals surface area contributed by atoms with Gasteiger partial charge >= 0.3 is 0 Å². The molecule has 0 atom stereocenters. The minimum atomic E-state index is -0.327. The molecule has 2 rings (SSSR count). The van der Waals surface area contributed by atoms with E-state index in [1.165, 1.54) is 12.1 Å². The van der Waals surface area contributed by atoms with Gasteiger partial charge in [-0.25, -0.2) is 4.39 Å². The lowest BCUT2D eigenvalue weighted by molar-refractivity contribution is 0.538. The largest absolute Gasteiger partial charge is 0.399 e. The van der Waals surface area contributed by atoms with E-state index in [9.17, 15) is 4.39 Å². The molecule has 0 radical (unpaired) electrons. The van der Waals surface area contributed by atoms with Gasteiger partial charge in [0, 0.05) is 23.5 Å². The van der Waals surface area contributed by atoms with Gasteiger partial charge in [0.05, 0.1) is 5.69 Å². The number of aromatic nitrogens is 2. The second-order valence-corrected chi connectivity index (χ2v) is 4.03. The maximum atomic E-state index is 13.2. The van der Waals surface area contributed by atoms with Crippen LogP contribution in [0.15, 0.2) is 30.5 Å². The first-order valence-electron chi connectivity index (χ1n) is 5.18. The fourth-order valence-electron chi connectivity index (χ4n) is 1.71. The van der Waals surface area contributed by atoms with Crippen LogP contribution in [-0.2, 0) is 0 Å². The molecule has 1 heterocycles. The van der Waals surface area contributed by atoms with Gasteiger partial charge in [0.1, 0.15) is 5.82 Å². The van der Waals surface area contributed by atoms with Crippen LogP contribution in [0.1, 0.15) is 19.9 Å². The van der Waals surface area contributed by atoms with Crippen LogP contribution in [0, 0.1) is 5.82 Å². The van der Waals surface area contributed by atoms with E-state index in [1.54, 1.807) is 12.3 Å². The Morgan fingerprint density at radius 3 is 2.69 bits per heavy atom. The molecule has 0 fully saturated rings. The highest BCUT2D eigenvalue weighted by atomic mass is 19.1. The molecule has 4 heteroatoms. The first-order chi connectivity index (χ1) is 7.58. The SMILES string of the molecule is CC(C)n1nccc1-c1cc(N)cc(F)c1. The zero-order chi connectivity index (χ0) is 11.7. The molecule has 0 aliphatic rings. The molecule has 1 aromatic heterocycles. The van der Waals surface area contributed by atoms with Crippen molar-refractivity contribution in [2.45, 2.75) is 19.9 Å². The average molecular weight is 219 g/mol. The molecule has 0 bridgehead atoms. The zero-order valence-electron chi connectivity index (χ0n) is 9.31. The van der Waals surface area contributed by atoms with Crippen molar-refractivity contribution < 1.29 is 4.39 Å². The van der Waals surface area contributed by atoms with Crippen molar-refractivity contribution in [1.82, 2.24) is 9.78 Å². The van der Waals surface area contributed by atoms with Gasteiger partial charge in [0.2, 0.25) is 0 Å². The van der Waals surface area contributed by atoms with Crippen LogP contribution in [0.4, 0.5) is 10.1 Å². The standard InChI is InChI=1S/C12H14FN3/c1-8(2)16-12(3-4-15-16)9-5-10(13)7-11(14)6-9/h3-8H,14H2,1-2H3. The Morgan fingerprint density at radius 1 is 1.31 bits per heavy atom. The highest BCUT2D eigenvalue weighted by molar-refractivity contribution is 5.64. The fraction of sp³-hybridized carbons (Fsp3) is 0.250. The summed E-state index contributed by atoms with van der Waals surface area (Å²) in [6.07, 6.45) is 1.70. The molecule has 2 N–H and O–H groups in total. The number of benzene rings is 1. The lowest BCUT2D eigenvalue weighted by Gasteiger charge is -2.11. The molecule has 16 heavy (non-hydrogen) atoms. The first kappa shape index (κ1) is 10.7. The van der Waals surface area contributed by atoms with E-state index >= 15 is 0 Å². The summed E-state index contributed by atoms with van der Waals surface area (Å²) in [7, 11) is 0. The summed E-state index contributed by atoms with van der Waals surface area (Å²) in [4.78, 5) is 0. The predicted octanol–water partition coefficient (Wildman–Crippen LogP) is 2.85. The maximum Gasteiger partial charge on any atom is 0.125 e. The Labute approximate surface area is 93.7 Å². The van der Waals surface area contributed by atoms with E-state index in [2.05, 4.69) is 5.10 Å². The van der Waals surface area contributed by atoms with Crippen LogP contribution in [-0.4, -0.2) is 9.78 Å². The first-order valence-corrected chi connectivity index (χ1v) is 5.18. The molecular weight excluding hydrogens is 205 g/mol. The van der Waals surface area contributed by atoms with E-state index in [0.717, 1.165) is 11.3 Å². The van der Waals surface area contributed by atoms with Crippen molar-refractivity contribution in [2.24, 2.45) is 0 Å². The highest BCUT2D eigenvalue weighted by Crippen LogP contribution is 2.24. The van der Waals surface area contributed by atoms with Gasteiger partial charge in [-0.15, -0.1) is 0 Å². The van der Waals surface area contributed by atoms with Crippen molar-refractivity contribution in [3.05, 3.63) is 36.3 Å². The van der Waals surface area contributed by atoms with Crippen molar-refractivity contribution in [3.63, 3.8) is 0 Å². The number of nitrogens with two attached hydrogens (primary N) is 1. The van der Waals surface area contributed by atoms with E-state index in [1.807, 2.05) is 24.6 Å². The Bertz CT molecular complexity index is 482. The third-order valence-corrected chi connectivity index (χ3v) is 2.38. The summed E-state index contributed by atoms with van der Waals surface area (Å²) in [5.41, 5.74) is 7.67. The smallest absolute Gasteiger partial charge is 0.125 e. The number of hydrogen-bond acceptors (Lipinski definition) is 2. The molecular formula is C12H14FN3. The Balaban J connectivity index is 2.54. The second-order valence-electron chi connectivity index (χ2n) is 4.03. The van der Waals surface area contributed by atoms with Gasteiger partial charge in [-0.2, -0.15) is 5.10 Å². The van der Waals surface area contributed by atoms with E-state index in [4.69, 9.17) is 5.73 Å². The molecule has 0 saturated carbocycles. The van der Waals surface area contributed by atoms with Gasteiger partial charge < -0.3 is 5.73 Å². The number of anilines is 1. The van der Waals surface area contributed by atoms with E-state index < -0.39 is 0 Å². The number of hydrogen-bond donors (Lipinski definition) is 1. The molecule has 0 unspecified atom stereocenters. The number of nitrogen functional groups attached to an aromatic ring is 1. The molecule has 0 aliphatic heterocycles. The zero-order valence-corrected chi connectivity index (χ0v) is 9.31. The predicted molar refractivity (Wildman–Crippen MR) is 62.4 cm³/mol. The summed E-state index contributed by atoms with van der Waals surface area (Å²) < 4.78 is 15.1. The lowest BCUT2D eigenvalue weighted by atomic mass is 10.1. The van der Waals surface area contributed by atoms with Gasteiger partial charge in [0.15, 0.2) is 0 Å². The van der Waals surface area contributed by atoms with Crippen LogP contribution >= 0.6 is 0 Å². The van der Waals surface area contributed by atoms with E-state index in [0.29, 0.717) is 5.69 Å². The second kappa shape index (κ2) is 3.96. The monoisotopic (exact) mass is 219 g/mol. The van der Waals surface area contributed by atoms with Crippen molar-refractivity contribution in [1.29, 1.82) is 0 Å². The molecule has 0 saturated heterocycles. The van der Waals surface area contributed by atoms with Gasteiger partial charge in [-0.1, -0.05) is 0 Å². The normalized spacial score (nSPS) is 11.0. The average Bonchev–Trinajstić information content (AvgIpc) is 2.63. The summed E-state index contributed by atoms with van der Waals surface area (Å²) in [6.45, 7) is 4.05. The fourth-order valence-corrected chi connectivity index (χ4v) is 1.71. The molecule has 84 valence electrons. The number of halogens is 1. The van der Waals surface area contributed by atoms with Crippen LogP contribution < -0.4 is 5.73 Å². The number of rotatable bonds is 2. The molecule has 0 aliphatic carbocycles. The third-order valence-electron chi connectivity index (χ3n) is 2.38. The van der Waals surface area contributed by atoms with Gasteiger partial charge in [0.25, 0.3) is 0 Å². The quantitative estimate of drug-likeness (QED) is 0.789.